The fraction of sp³-hybridized carbons (Fsp3) is 0.333. The molecular formula is C18H24Si. The van der Waals surface area contributed by atoms with Gasteiger partial charge in [0.15, 0.2) is 0 Å². The average molecular weight is 268 g/mol. The molecule has 19 heavy (non-hydrogen) atoms. The summed E-state index contributed by atoms with van der Waals surface area (Å²) in [4.78, 5) is 0. The van der Waals surface area contributed by atoms with Gasteiger partial charge in [0.2, 0.25) is 0 Å². The summed E-state index contributed by atoms with van der Waals surface area (Å²) in [5.74, 6) is 0. The molecule has 1 heteroatoms. The van der Waals surface area contributed by atoms with Crippen LogP contribution in [0, 0.1) is 27.7 Å². The fourth-order valence-corrected chi connectivity index (χ4v) is 5.53. The van der Waals surface area contributed by atoms with Gasteiger partial charge in [0.05, 0.1) is 0 Å². The molecule has 0 aliphatic rings. The van der Waals surface area contributed by atoms with Crippen LogP contribution in [-0.4, -0.2) is 8.07 Å². The Morgan fingerprint density at radius 3 is 1.05 bits per heavy atom. The zero-order valence-electron chi connectivity index (χ0n) is 13.0. The summed E-state index contributed by atoms with van der Waals surface area (Å²) in [6, 6.07) is 14.0. The summed E-state index contributed by atoms with van der Waals surface area (Å²) in [5, 5.41) is 3.07. The second-order valence-corrected chi connectivity index (χ2v) is 10.8. The maximum Gasteiger partial charge on any atom is 0.112 e. The molecule has 0 nitrogen and oxygen atoms in total. The standard InChI is InChI=1S/C18H24Si/c1-13-7-14(2)10-17(9-13)19(5,6)18-11-15(3)8-16(4)12-18/h7-12H,1-6H3. The first-order valence-corrected chi connectivity index (χ1v) is 9.96. The molecule has 0 atom stereocenters. The molecule has 2 rings (SSSR count). The second-order valence-electron chi connectivity index (χ2n) is 6.38. The Hall–Kier alpha value is -1.34. The van der Waals surface area contributed by atoms with Gasteiger partial charge in [0.1, 0.15) is 8.07 Å². The van der Waals surface area contributed by atoms with E-state index < -0.39 is 8.07 Å². The van der Waals surface area contributed by atoms with Gasteiger partial charge in [0, 0.05) is 0 Å². The van der Waals surface area contributed by atoms with Gasteiger partial charge < -0.3 is 0 Å². The van der Waals surface area contributed by atoms with E-state index >= 15 is 0 Å². The quantitative estimate of drug-likeness (QED) is 0.728. The summed E-state index contributed by atoms with van der Waals surface area (Å²) >= 11 is 0. The van der Waals surface area contributed by atoms with Crippen molar-refractivity contribution >= 4 is 18.4 Å². The molecule has 0 unspecified atom stereocenters. The highest BCUT2D eigenvalue weighted by atomic mass is 28.3. The Balaban J connectivity index is 2.57. The third-order valence-corrected chi connectivity index (χ3v) is 7.35. The van der Waals surface area contributed by atoms with E-state index in [1.165, 1.54) is 32.6 Å². The summed E-state index contributed by atoms with van der Waals surface area (Å²) in [6.45, 7) is 13.7. The van der Waals surface area contributed by atoms with Crippen LogP contribution < -0.4 is 10.4 Å². The van der Waals surface area contributed by atoms with Crippen molar-refractivity contribution in [3.8, 4) is 0 Å². The van der Waals surface area contributed by atoms with Crippen molar-refractivity contribution in [3.63, 3.8) is 0 Å². The van der Waals surface area contributed by atoms with Crippen LogP contribution in [-0.2, 0) is 0 Å². The smallest absolute Gasteiger partial charge is 0.0616 e. The molecule has 100 valence electrons. The molecule has 0 saturated heterocycles. The molecule has 0 aliphatic carbocycles. The molecule has 0 radical (unpaired) electrons. The third kappa shape index (κ3) is 2.98. The minimum atomic E-state index is -1.58. The fourth-order valence-electron chi connectivity index (χ4n) is 2.84. The topological polar surface area (TPSA) is 0 Å². The van der Waals surface area contributed by atoms with Crippen molar-refractivity contribution in [2.45, 2.75) is 40.8 Å². The van der Waals surface area contributed by atoms with E-state index in [0.717, 1.165) is 0 Å². The van der Waals surface area contributed by atoms with Gasteiger partial charge >= 0.3 is 0 Å². The van der Waals surface area contributed by atoms with Gasteiger partial charge in [-0.25, -0.2) is 0 Å². The third-order valence-electron chi connectivity index (χ3n) is 3.89. The van der Waals surface area contributed by atoms with E-state index in [0.29, 0.717) is 0 Å². The van der Waals surface area contributed by atoms with Crippen LogP contribution in [0.15, 0.2) is 36.4 Å². The zero-order valence-corrected chi connectivity index (χ0v) is 14.0. The Morgan fingerprint density at radius 2 is 0.789 bits per heavy atom. The molecule has 0 saturated carbocycles. The van der Waals surface area contributed by atoms with Gasteiger partial charge in [-0.15, -0.1) is 0 Å². The lowest BCUT2D eigenvalue weighted by Gasteiger charge is -2.25. The van der Waals surface area contributed by atoms with E-state index in [1.54, 1.807) is 0 Å². The van der Waals surface area contributed by atoms with E-state index in [9.17, 15) is 0 Å². The number of rotatable bonds is 2. The molecule has 0 spiro atoms. The first kappa shape index (κ1) is 14.1. The van der Waals surface area contributed by atoms with Crippen LogP contribution in [0.3, 0.4) is 0 Å². The molecule has 2 aromatic carbocycles. The van der Waals surface area contributed by atoms with Crippen molar-refractivity contribution < 1.29 is 0 Å². The lowest BCUT2D eigenvalue weighted by atomic mass is 10.2. The van der Waals surface area contributed by atoms with Crippen molar-refractivity contribution in [2.24, 2.45) is 0 Å². The van der Waals surface area contributed by atoms with E-state index in [-0.39, 0.29) is 0 Å². The summed E-state index contributed by atoms with van der Waals surface area (Å²) in [7, 11) is -1.58. The van der Waals surface area contributed by atoms with Crippen LogP contribution in [0.5, 0.6) is 0 Å². The van der Waals surface area contributed by atoms with Gasteiger partial charge in [-0.05, 0) is 27.7 Å². The predicted octanol–water partition coefficient (Wildman–Crippen LogP) is 3.74. The average Bonchev–Trinajstić information content (AvgIpc) is 2.26. The molecule has 2 aromatic rings. The summed E-state index contributed by atoms with van der Waals surface area (Å²) < 4.78 is 0. The minimum absolute atomic E-state index is 1.37. The molecule has 0 bridgehead atoms. The largest absolute Gasteiger partial charge is 0.112 e. The highest BCUT2D eigenvalue weighted by Gasteiger charge is 2.26. The van der Waals surface area contributed by atoms with Gasteiger partial charge in [0.25, 0.3) is 0 Å². The number of hydrogen-bond donors (Lipinski definition) is 0. The van der Waals surface area contributed by atoms with Crippen LogP contribution >= 0.6 is 0 Å². The molecule has 0 aromatic heterocycles. The predicted molar refractivity (Wildman–Crippen MR) is 88.6 cm³/mol. The maximum absolute atomic E-state index is 2.45. The minimum Gasteiger partial charge on any atom is -0.0616 e. The van der Waals surface area contributed by atoms with Crippen LogP contribution in [0.4, 0.5) is 0 Å². The number of hydrogen-bond acceptors (Lipinski definition) is 0. The number of aryl methyl sites for hydroxylation is 4. The van der Waals surface area contributed by atoms with E-state index in [2.05, 4.69) is 77.2 Å². The SMILES string of the molecule is Cc1cc(C)cc([Si](C)(C)c2cc(C)cc(C)c2)c1. The lowest BCUT2D eigenvalue weighted by Crippen LogP contribution is -2.53. The van der Waals surface area contributed by atoms with Crippen molar-refractivity contribution in [1.82, 2.24) is 0 Å². The summed E-state index contributed by atoms with van der Waals surface area (Å²) in [6.07, 6.45) is 0. The molecule has 0 fully saturated rings. The first-order valence-electron chi connectivity index (χ1n) is 6.96. The maximum atomic E-state index is 2.45. The highest BCUT2D eigenvalue weighted by Crippen LogP contribution is 2.11. The molecule has 0 N–H and O–H groups in total. The Labute approximate surface area is 118 Å². The van der Waals surface area contributed by atoms with Crippen molar-refractivity contribution in [3.05, 3.63) is 58.7 Å². The molecule has 0 aliphatic heterocycles. The first-order chi connectivity index (χ1) is 8.79. The molecule has 0 heterocycles. The monoisotopic (exact) mass is 268 g/mol. The number of benzene rings is 2. The Kier molecular flexibility index (Phi) is 3.68. The Bertz CT molecular complexity index is 515. The van der Waals surface area contributed by atoms with Crippen LogP contribution in [0.1, 0.15) is 22.3 Å². The molecular weight excluding hydrogens is 244 g/mol. The van der Waals surface area contributed by atoms with Gasteiger partial charge in [-0.2, -0.15) is 0 Å². The normalized spacial score (nSPS) is 11.7. The van der Waals surface area contributed by atoms with Gasteiger partial charge in [-0.1, -0.05) is 82.1 Å². The van der Waals surface area contributed by atoms with E-state index in [1.807, 2.05) is 0 Å². The highest BCUT2D eigenvalue weighted by molar-refractivity contribution is 7.00. The Morgan fingerprint density at radius 1 is 0.526 bits per heavy atom. The van der Waals surface area contributed by atoms with Crippen LogP contribution in [0.2, 0.25) is 13.1 Å². The van der Waals surface area contributed by atoms with Gasteiger partial charge in [-0.3, -0.25) is 0 Å². The lowest BCUT2D eigenvalue weighted by molar-refractivity contribution is 1.39. The zero-order chi connectivity index (χ0) is 14.2. The summed E-state index contributed by atoms with van der Waals surface area (Å²) in [5.41, 5.74) is 5.50. The second kappa shape index (κ2) is 4.97. The van der Waals surface area contributed by atoms with Crippen molar-refractivity contribution in [2.75, 3.05) is 0 Å². The molecule has 0 amide bonds. The van der Waals surface area contributed by atoms with E-state index in [4.69, 9.17) is 0 Å². The van der Waals surface area contributed by atoms with Crippen molar-refractivity contribution in [1.29, 1.82) is 0 Å². The van der Waals surface area contributed by atoms with Crippen LogP contribution in [0.25, 0.3) is 0 Å².